The standard InChI is InChI=1S/C11H15BrN2OS/c1-14-7-8(2-5-11(14)15)13-6-9-3-4-10(12)16-9/h3-4,8,13H,2,5-7H2,1H3. The third-order valence-corrected chi connectivity index (χ3v) is 4.44. The maximum absolute atomic E-state index is 11.3. The second kappa shape index (κ2) is 5.29. The Morgan fingerprint density at radius 1 is 1.62 bits per heavy atom. The van der Waals surface area contributed by atoms with Crippen molar-refractivity contribution in [3.63, 3.8) is 0 Å². The predicted molar refractivity (Wildman–Crippen MR) is 69.5 cm³/mol. The summed E-state index contributed by atoms with van der Waals surface area (Å²) in [4.78, 5) is 14.4. The third kappa shape index (κ3) is 3.06. The Morgan fingerprint density at radius 2 is 2.44 bits per heavy atom. The van der Waals surface area contributed by atoms with Gasteiger partial charge in [0.25, 0.3) is 0 Å². The number of hydrogen-bond donors (Lipinski definition) is 1. The molecule has 0 spiro atoms. The molecule has 0 saturated carbocycles. The minimum Gasteiger partial charge on any atom is -0.344 e. The van der Waals surface area contributed by atoms with Gasteiger partial charge in [-0.3, -0.25) is 4.79 Å². The van der Waals surface area contributed by atoms with Crippen molar-refractivity contribution in [1.29, 1.82) is 0 Å². The van der Waals surface area contributed by atoms with Crippen molar-refractivity contribution in [1.82, 2.24) is 10.2 Å². The molecular weight excluding hydrogens is 288 g/mol. The average Bonchev–Trinajstić information content (AvgIpc) is 2.66. The van der Waals surface area contributed by atoms with Crippen molar-refractivity contribution < 1.29 is 4.79 Å². The molecule has 1 fully saturated rings. The molecule has 1 atom stereocenters. The van der Waals surface area contributed by atoms with E-state index in [4.69, 9.17) is 0 Å². The SMILES string of the molecule is CN1CC(NCc2ccc(Br)s2)CCC1=O. The fraction of sp³-hybridized carbons (Fsp3) is 0.545. The van der Waals surface area contributed by atoms with Crippen molar-refractivity contribution >= 4 is 33.2 Å². The van der Waals surface area contributed by atoms with Crippen LogP contribution in [-0.2, 0) is 11.3 Å². The molecule has 1 aliphatic rings. The van der Waals surface area contributed by atoms with E-state index < -0.39 is 0 Å². The van der Waals surface area contributed by atoms with Gasteiger partial charge in [0.05, 0.1) is 3.79 Å². The minimum absolute atomic E-state index is 0.261. The van der Waals surface area contributed by atoms with Gasteiger partial charge < -0.3 is 10.2 Å². The number of nitrogens with one attached hydrogen (secondary N) is 1. The molecule has 1 N–H and O–H groups in total. The Bertz CT molecular complexity index is 380. The number of likely N-dealkylation sites (tertiary alicyclic amines) is 1. The molecule has 5 heteroatoms. The van der Waals surface area contributed by atoms with E-state index in [1.54, 1.807) is 11.3 Å². The van der Waals surface area contributed by atoms with Crippen LogP contribution in [-0.4, -0.2) is 30.4 Å². The van der Waals surface area contributed by atoms with Crippen LogP contribution in [0.5, 0.6) is 0 Å². The zero-order chi connectivity index (χ0) is 11.5. The van der Waals surface area contributed by atoms with E-state index in [0.717, 1.165) is 19.5 Å². The van der Waals surface area contributed by atoms with Gasteiger partial charge >= 0.3 is 0 Å². The summed E-state index contributed by atoms with van der Waals surface area (Å²) in [6.45, 7) is 1.72. The van der Waals surface area contributed by atoms with Gasteiger partial charge in [0, 0.05) is 37.5 Å². The molecule has 88 valence electrons. The molecule has 1 aromatic heterocycles. The van der Waals surface area contributed by atoms with Crippen LogP contribution in [0.3, 0.4) is 0 Å². The number of hydrogen-bond acceptors (Lipinski definition) is 3. The second-order valence-corrected chi connectivity index (χ2v) is 6.64. The lowest BCUT2D eigenvalue weighted by Gasteiger charge is -2.30. The lowest BCUT2D eigenvalue weighted by Crippen LogP contribution is -2.46. The van der Waals surface area contributed by atoms with E-state index in [0.29, 0.717) is 12.5 Å². The van der Waals surface area contributed by atoms with Crippen LogP contribution >= 0.6 is 27.3 Å². The van der Waals surface area contributed by atoms with E-state index in [-0.39, 0.29) is 5.91 Å². The van der Waals surface area contributed by atoms with E-state index >= 15 is 0 Å². The van der Waals surface area contributed by atoms with Crippen LogP contribution in [0.25, 0.3) is 0 Å². The maximum atomic E-state index is 11.3. The van der Waals surface area contributed by atoms with Gasteiger partial charge in [0.2, 0.25) is 5.91 Å². The number of amides is 1. The zero-order valence-corrected chi connectivity index (χ0v) is 11.6. The van der Waals surface area contributed by atoms with Crippen LogP contribution in [0.1, 0.15) is 17.7 Å². The van der Waals surface area contributed by atoms with Crippen molar-refractivity contribution in [2.45, 2.75) is 25.4 Å². The Morgan fingerprint density at radius 3 is 3.06 bits per heavy atom. The molecule has 0 aromatic carbocycles. The first-order valence-electron chi connectivity index (χ1n) is 5.36. The number of rotatable bonds is 3. The van der Waals surface area contributed by atoms with Crippen LogP contribution in [0.15, 0.2) is 15.9 Å². The smallest absolute Gasteiger partial charge is 0.222 e. The predicted octanol–water partition coefficient (Wildman–Crippen LogP) is 2.22. The molecule has 1 saturated heterocycles. The summed E-state index contributed by atoms with van der Waals surface area (Å²) in [6, 6.07) is 4.63. The van der Waals surface area contributed by atoms with Gasteiger partial charge in [0.1, 0.15) is 0 Å². The summed E-state index contributed by atoms with van der Waals surface area (Å²) in [5.41, 5.74) is 0. The van der Waals surface area contributed by atoms with Gasteiger partial charge in [-0.15, -0.1) is 11.3 Å². The van der Waals surface area contributed by atoms with E-state index in [1.165, 1.54) is 8.66 Å². The molecule has 0 bridgehead atoms. The molecule has 2 rings (SSSR count). The molecule has 1 aromatic rings. The number of thiophene rings is 1. The van der Waals surface area contributed by atoms with E-state index in [1.807, 2.05) is 11.9 Å². The molecule has 1 unspecified atom stereocenters. The fourth-order valence-corrected chi connectivity index (χ4v) is 3.30. The number of piperidine rings is 1. The summed E-state index contributed by atoms with van der Waals surface area (Å²) in [5, 5.41) is 3.50. The van der Waals surface area contributed by atoms with Crippen LogP contribution in [0.4, 0.5) is 0 Å². The molecule has 3 nitrogen and oxygen atoms in total. The van der Waals surface area contributed by atoms with Gasteiger partial charge in [-0.05, 0) is 34.5 Å². The van der Waals surface area contributed by atoms with Gasteiger partial charge in [-0.25, -0.2) is 0 Å². The number of halogens is 1. The van der Waals surface area contributed by atoms with E-state index in [9.17, 15) is 4.79 Å². The van der Waals surface area contributed by atoms with Crippen molar-refractivity contribution in [2.24, 2.45) is 0 Å². The van der Waals surface area contributed by atoms with Crippen molar-refractivity contribution in [3.05, 3.63) is 20.8 Å². The molecule has 1 amide bonds. The Kier molecular flexibility index (Phi) is 4.00. The highest BCUT2D eigenvalue weighted by Crippen LogP contribution is 2.22. The van der Waals surface area contributed by atoms with Crippen molar-refractivity contribution in [3.8, 4) is 0 Å². The summed E-state index contributed by atoms with van der Waals surface area (Å²) in [6.07, 6.45) is 1.62. The fourth-order valence-electron chi connectivity index (χ4n) is 1.87. The summed E-state index contributed by atoms with van der Waals surface area (Å²) in [7, 11) is 1.87. The first-order chi connectivity index (χ1) is 7.65. The molecule has 2 heterocycles. The topological polar surface area (TPSA) is 32.3 Å². The highest BCUT2D eigenvalue weighted by Gasteiger charge is 2.22. The Hall–Kier alpha value is -0.390. The normalized spacial score (nSPS) is 21.5. The monoisotopic (exact) mass is 302 g/mol. The van der Waals surface area contributed by atoms with Gasteiger partial charge in [-0.1, -0.05) is 0 Å². The van der Waals surface area contributed by atoms with Crippen molar-refractivity contribution in [2.75, 3.05) is 13.6 Å². The largest absolute Gasteiger partial charge is 0.344 e. The molecule has 0 aliphatic carbocycles. The highest BCUT2D eigenvalue weighted by molar-refractivity contribution is 9.11. The first-order valence-corrected chi connectivity index (χ1v) is 6.97. The lowest BCUT2D eigenvalue weighted by atomic mass is 10.1. The average molecular weight is 303 g/mol. The summed E-state index contributed by atoms with van der Waals surface area (Å²) >= 11 is 5.20. The van der Waals surface area contributed by atoms with Crippen LogP contribution in [0, 0.1) is 0 Å². The first kappa shape index (κ1) is 12.1. The number of carbonyl (C=O) groups excluding carboxylic acids is 1. The second-order valence-electron chi connectivity index (χ2n) is 4.10. The highest BCUT2D eigenvalue weighted by atomic mass is 79.9. The molecule has 0 radical (unpaired) electrons. The van der Waals surface area contributed by atoms with Crippen LogP contribution in [0.2, 0.25) is 0 Å². The summed E-state index contributed by atoms with van der Waals surface area (Å²) < 4.78 is 1.17. The van der Waals surface area contributed by atoms with Crippen LogP contribution < -0.4 is 5.32 Å². The molecule has 16 heavy (non-hydrogen) atoms. The third-order valence-electron chi connectivity index (χ3n) is 2.82. The number of carbonyl (C=O) groups is 1. The number of likely N-dealkylation sites (N-methyl/N-ethyl adjacent to an activating group) is 1. The maximum Gasteiger partial charge on any atom is 0.222 e. The zero-order valence-electron chi connectivity index (χ0n) is 9.20. The quantitative estimate of drug-likeness (QED) is 0.928. The summed E-state index contributed by atoms with van der Waals surface area (Å²) in [5.74, 6) is 0.261. The van der Waals surface area contributed by atoms with Gasteiger partial charge in [0.15, 0.2) is 0 Å². The molecular formula is C11H15BrN2OS. The lowest BCUT2D eigenvalue weighted by molar-refractivity contribution is -0.132. The Balaban J connectivity index is 1.80. The van der Waals surface area contributed by atoms with Gasteiger partial charge in [-0.2, -0.15) is 0 Å². The Labute approximate surface area is 108 Å². The van der Waals surface area contributed by atoms with E-state index in [2.05, 4.69) is 33.4 Å². The number of nitrogens with zero attached hydrogens (tertiary/aromatic N) is 1. The molecule has 1 aliphatic heterocycles. The minimum atomic E-state index is 0.261.